The molecule has 1 amide bonds. The highest BCUT2D eigenvalue weighted by molar-refractivity contribution is 5.94. The fraction of sp³-hybridized carbons (Fsp3) is 0.500. The van der Waals surface area contributed by atoms with Crippen LogP contribution in [0, 0.1) is 0 Å². The number of hydrogen-bond acceptors (Lipinski definition) is 4. The smallest absolute Gasteiger partial charge is 0.253 e. The first kappa shape index (κ1) is 21.8. The van der Waals surface area contributed by atoms with Gasteiger partial charge >= 0.3 is 0 Å². The van der Waals surface area contributed by atoms with Crippen LogP contribution >= 0.6 is 0 Å². The molecular weight excluding hydrogens is 380 g/mol. The third kappa shape index (κ3) is 5.18. The number of nitrogens with zero attached hydrogens (tertiary/aromatic N) is 5. The van der Waals surface area contributed by atoms with Crippen LogP contribution in [0.5, 0.6) is 0 Å². The van der Waals surface area contributed by atoms with Crippen molar-refractivity contribution in [2.24, 2.45) is 12.0 Å². The number of aromatic nitrogens is 2. The van der Waals surface area contributed by atoms with E-state index in [4.69, 9.17) is 4.74 Å². The minimum Gasteiger partial charge on any atom is -0.370 e. The van der Waals surface area contributed by atoms with Crippen LogP contribution in [0.3, 0.4) is 0 Å². The third-order valence-corrected chi connectivity index (χ3v) is 5.38. The number of hydrogen-bond donors (Lipinski definition) is 1. The summed E-state index contributed by atoms with van der Waals surface area (Å²) in [6.07, 6.45) is 3.83. The molecule has 1 aliphatic rings. The molecule has 1 aromatic heterocycles. The van der Waals surface area contributed by atoms with E-state index in [1.165, 1.54) is 0 Å². The van der Waals surface area contributed by atoms with Crippen LogP contribution in [0.1, 0.15) is 41.4 Å². The Morgan fingerprint density at radius 3 is 2.63 bits per heavy atom. The first-order chi connectivity index (χ1) is 14.5. The molecule has 2 aromatic rings. The molecule has 162 valence electrons. The molecule has 1 aromatic carbocycles. The maximum atomic E-state index is 12.5. The van der Waals surface area contributed by atoms with E-state index < -0.39 is 0 Å². The van der Waals surface area contributed by atoms with E-state index in [-0.39, 0.29) is 12.0 Å². The van der Waals surface area contributed by atoms with E-state index in [2.05, 4.69) is 20.3 Å². The van der Waals surface area contributed by atoms with Crippen LogP contribution in [0.15, 0.2) is 41.7 Å². The number of carbonyl (C=O) groups is 1. The van der Waals surface area contributed by atoms with E-state index in [0.29, 0.717) is 26.2 Å². The SMILES string of the molecule is CCN(CC)C(=O)c1ccc(CNC(=NC)N2CCOC(c3cnn(C)c3)C2)cc1. The Morgan fingerprint density at radius 2 is 2.03 bits per heavy atom. The minimum absolute atomic E-state index is 0.0172. The van der Waals surface area contributed by atoms with Gasteiger partial charge in [0.1, 0.15) is 6.10 Å². The van der Waals surface area contributed by atoms with Gasteiger partial charge in [-0.05, 0) is 31.5 Å². The monoisotopic (exact) mass is 412 g/mol. The number of ether oxygens (including phenoxy) is 1. The maximum absolute atomic E-state index is 12.5. The topological polar surface area (TPSA) is 75.0 Å². The predicted octanol–water partition coefficient (Wildman–Crippen LogP) is 2.05. The van der Waals surface area contributed by atoms with Gasteiger partial charge in [0.25, 0.3) is 5.91 Å². The van der Waals surface area contributed by atoms with Gasteiger partial charge < -0.3 is 19.9 Å². The second-order valence-corrected chi connectivity index (χ2v) is 7.33. The number of aryl methyl sites for hydroxylation is 1. The highest BCUT2D eigenvalue weighted by Gasteiger charge is 2.25. The summed E-state index contributed by atoms with van der Waals surface area (Å²) in [5, 5.41) is 7.67. The van der Waals surface area contributed by atoms with Crippen LogP contribution in [-0.4, -0.2) is 71.3 Å². The Labute approximate surface area is 178 Å². The van der Waals surface area contributed by atoms with Crippen molar-refractivity contribution in [3.63, 3.8) is 0 Å². The average molecular weight is 413 g/mol. The molecule has 3 rings (SSSR count). The van der Waals surface area contributed by atoms with Gasteiger partial charge in [-0.3, -0.25) is 14.5 Å². The zero-order valence-electron chi connectivity index (χ0n) is 18.3. The van der Waals surface area contributed by atoms with Gasteiger partial charge in [0.15, 0.2) is 5.96 Å². The lowest BCUT2D eigenvalue weighted by molar-refractivity contribution is -0.00805. The van der Waals surface area contributed by atoms with Crippen molar-refractivity contribution >= 4 is 11.9 Å². The molecule has 0 radical (unpaired) electrons. The fourth-order valence-electron chi connectivity index (χ4n) is 3.62. The Hall–Kier alpha value is -2.87. The summed E-state index contributed by atoms with van der Waals surface area (Å²) >= 11 is 0. The number of carbonyl (C=O) groups excluding carboxylic acids is 1. The number of guanidine groups is 1. The van der Waals surface area contributed by atoms with Crippen LogP contribution in [0.4, 0.5) is 0 Å². The van der Waals surface area contributed by atoms with Crippen LogP contribution in [0.25, 0.3) is 0 Å². The normalized spacial score (nSPS) is 17.1. The lowest BCUT2D eigenvalue weighted by Crippen LogP contribution is -2.47. The highest BCUT2D eigenvalue weighted by atomic mass is 16.5. The van der Waals surface area contributed by atoms with Gasteiger partial charge in [-0.2, -0.15) is 5.10 Å². The minimum atomic E-state index is -0.0172. The molecule has 1 fully saturated rings. The predicted molar refractivity (Wildman–Crippen MR) is 117 cm³/mol. The first-order valence-corrected chi connectivity index (χ1v) is 10.5. The summed E-state index contributed by atoms with van der Waals surface area (Å²) in [7, 11) is 3.70. The molecule has 2 heterocycles. The largest absolute Gasteiger partial charge is 0.370 e. The van der Waals surface area contributed by atoms with Crippen molar-refractivity contribution in [3.05, 3.63) is 53.3 Å². The Kier molecular flexibility index (Phi) is 7.46. The van der Waals surface area contributed by atoms with Gasteiger partial charge in [0.05, 0.1) is 19.3 Å². The number of morpholine rings is 1. The zero-order valence-corrected chi connectivity index (χ0v) is 18.3. The van der Waals surface area contributed by atoms with Gasteiger partial charge in [-0.15, -0.1) is 0 Å². The Morgan fingerprint density at radius 1 is 1.30 bits per heavy atom. The maximum Gasteiger partial charge on any atom is 0.253 e. The molecule has 8 nitrogen and oxygen atoms in total. The molecule has 0 saturated carbocycles. The standard InChI is InChI=1S/C22H32N6O2/c1-5-27(6-2)21(29)18-9-7-17(8-10-18)13-24-22(23-3)28-11-12-30-20(16-28)19-14-25-26(4)15-19/h7-10,14-15,20H,5-6,11-13,16H2,1-4H3,(H,23,24). The number of amides is 1. The number of benzene rings is 1. The average Bonchev–Trinajstić information content (AvgIpc) is 3.22. The fourth-order valence-corrected chi connectivity index (χ4v) is 3.62. The van der Waals surface area contributed by atoms with Crippen molar-refractivity contribution in [1.82, 2.24) is 24.9 Å². The van der Waals surface area contributed by atoms with Crippen LogP contribution in [0.2, 0.25) is 0 Å². The van der Waals surface area contributed by atoms with E-state index in [9.17, 15) is 4.79 Å². The van der Waals surface area contributed by atoms with Crippen LogP contribution < -0.4 is 5.32 Å². The third-order valence-electron chi connectivity index (χ3n) is 5.38. The quantitative estimate of drug-likeness (QED) is 0.581. The zero-order chi connectivity index (χ0) is 21.5. The molecule has 1 unspecified atom stereocenters. The van der Waals surface area contributed by atoms with Gasteiger partial charge in [0.2, 0.25) is 0 Å². The second-order valence-electron chi connectivity index (χ2n) is 7.33. The molecule has 8 heteroatoms. The van der Waals surface area contributed by atoms with Gasteiger partial charge in [-0.1, -0.05) is 12.1 Å². The van der Waals surface area contributed by atoms with E-state index >= 15 is 0 Å². The lowest BCUT2D eigenvalue weighted by Gasteiger charge is -2.34. The molecule has 1 N–H and O–H groups in total. The summed E-state index contributed by atoms with van der Waals surface area (Å²) in [5.74, 6) is 0.917. The molecule has 30 heavy (non-hydrogen) atoms. The number of nitrogens with one attached hydrogen (secondary N) is 1. The molecule has 1 atom stereocenters. The van der Waals surface area contributed by atoms with E-state index in [1.807, 2.05) is 62.5 Å². The van der Waals surface area contributed by atoms with Crippen LogP contribution in [-0.2, 0) is 18.3 Å². The summed E-state index contributed by atoms with van der Waals surface area (Å²) in [5.41, 5.74) is 2.90. The van der Waals surface area contributed by atoms with Crippen molar-refractivity contribution in [3.8, 4) is 0 Å². The second kappa shape index (κ2) is 10.2. The lowest BCUT2D eigenvalue weighted by atomic mass is 10.1. The van der Waals surface area contributed by atoms with Crippen molar-refractivity contribution in [1.29, 1.82) is 0 Å². The summed E-state index contributed by atoms with van der Waals surface area (Å²) in [6, 6.07) is 7.78. The molecule has 0 aliphatic carbocycles. The van der Waals surface area contributed by atoms with Crippen molar-refractivity contribution in [2.75, 3.05) is 39.8 Å². The first-order valence-electron chi connectivity index (χ1n) is 10.5. The highest BCUT2D eigenvalue weighted by Crippen LogP contribution is 2.21. The van der Waals surface area contributed by atoms with E-state index in [0.717, 1.165) is 35.7 Å². The molecule has 0 bridgehead atoms. The summed E-state index contributed by atoms with van der Waals surface area (Å²) in [6.45, 7) is 8.22. The summed E-state index contributed by atoms with van der Waals surface area (Å²) < 4.78 is 7.72. The van der Waals surface area contributed by atoms with E-state index in [1.54, 1.807) is 11.7 Å². The number of aliphatic imine (C=N–C) groups is 1. The summed E-state index contributed by atoms with van der Waals surface area (Å²) in [4.78, 5) is 20.9. The molecular formula is C22H32N6O2. The Bertz CT molecular complexity index is 857. The Balaban J connectivity index is 1.58. The molecule has 0 spiro atoms. The number of rotatable bonds is 6. The van der Waals surface area contributed by atoms with Gasteiger partial charge in [0, 0.05) is 57.6 Å². The molecule has 1 saturated heterocycles. The molecule has 1 aliphatic heterocycles. The van der Waals surface area contributed by atoms with Crippen molar-refractivity contribution in [2.45, 2.75) is 26.5 Å². The van der Waals surface area contributed by atoms with Crippen molar-refractivity contribution < 1.29 is 9.53 Å². The van der Waals surface area contributed by atoms with Gasteiger partial charge in [-0.25, -0.2) is 0 Å².